The third-order valence-electron chi connectivity index (χ3n) is 2.42. The zero-order valence-electron chi connectivity index (χ0n) is 7.62. The summed E-state index contributed by atoms with van der Waals surface area (Å²) in [4.78, 5) is 10.9. The molecule has 14 heavy (non-hydrogen) atoms. The molecule has 4 nitrogen and oxygen atoms in total. The fourth-order valence-corrected chi connectivity index (χ4v) is 1.48. The van der Waals surface area contributed by atoms with Gasteiger partial charge in [0.25, 0.3) is 0 Å². The lowest BCUT2D eigenvalue weighted by molar-refractivity contribution is -0.114. The van der Waals surface area contributed by atoms with Crippen LogP contribution in [-0.2, 0) is 4.79 Å². The van der Waals surface area contributed by atoms with Crippen LogP contribution in [0, 0.1) is 0 Å². The van der Waals surface area contributed by atoms with Gasteiger partial charge in [0.15, 0.2) is 5.82 Å². The molecule has 0 saturated heterocycles. The summed E-state index contributed by atoms with van der Waals surface area (Å²) in [5, 5.41) is 6.28. The minimum absolute atomic E-state index is 0.0639. The van der Waals surface area contributed by atoms with Crippen LogP contribution in [0.4, 0.5) is 5.82 Å². The molecular formula is C9H11ClN2O2. The highest BCUT2D eigenvalue weighted by Crippen LogP contribution is 2.36. The average molecular weight is 215 g/mol. The van der Waals surface area contributed by atoms with Crippen LogP contribution >= 0.6 is 11.6 Å². The lowest BCUT2D eigenvalue weighted by Crippen LogP contribution is -2.12. The molecule has 0 radical (unpaired) electrons. The van der Waals surface area contributed by atoms with Gasteiger partial charge in [0.05, 0.1) is 0 Å². The number of hydrogen-bond donors (Lipinski definition) is 1. The third kappa shape index (κ3) is 1.90. The molecule has 5 heteroatoms. The van der Waals surface area contributed by atoms with Gasteiger partial charge in [-0.1, -0.05) is 11.6 Å². The Morgan fingerprint density at radius 3 is 3.07 bits per heavy atom. The van der Waals surface area contributed by atoms with E-state index in [4.69, 9.17) is 16.1 Å². The van der Waals surface area contributed by atoms with E-state index < -0.39 is 0 Å². The van der Waals surface area contributed by atoms with Crippen molar-refractivity contribution in [3.63, 3.8) is 0 Å². The molecule has 1 aliphatic rings. The smallest absolute Gasteiger partial charge is 0.240 e. The van der Waals surface area contributed by atoms with Crippen molar-refractivity contribution in [1.82, 2.24) is 5.16 Å². The Labute approximate surface area is 86.6 Å². The molecule has 1 aromatic rings. The molecule has 76 valence electrons. The maximum atomic E-state index is 10.9. The lowest BCUT2D eigenvalue weighted by Gasteiger charge is -2.21. The Kier molecular flexibility index (Phi) is 2.72. The van der Waals surface area contributed by atoms with E-state index in [0.717, 1.165) is 18.6 Å². The molecule has 1 N–H and O–H groups in total. The number of aromatic nitrogens is 1. The highest BCUT2D eigenvalue weighted by molar-refractivity contribution is 6.28. The van der Waals surface area contributed by atoms with Crippen LogP contribution in [-0.4, -0.2) is 16.9 Å². The molecule has 0 atom stereocenters. The molecule has 0 unspecified atom stereocenters. The van der Waals surface area contributed by atoms with Gasteiger partial charge >= 0.3 is 0 Å². The van der Waals surface area contributed by atoms with Crippen molar-refractivity contribution in [2.24, 2.45) is 0 Å². The second-order valence-corrected chi connectivity index (χ2v) is 3.69. The van der Waals surface area contributed by atoms with Gasteiger partial charge in [0.1, 0.15) is 11.6 Å². The molecule has 1 amide bonds. The zero-order chi connectivity index (χ0) is 9.97. The van der Waals surface area contributed by atoms with Crippen molar-refractivity contribution in [3.05, 3.63) is 11.8 Å². The first-order chi connectivity index (χ1) is 6.79. The van der Waals surface area contributed by atoms with Crippen LogP contribution in [0.5, 0.6) is 0 Å². The normalized spacial score (nSPS) is 16.4. The van der Waals surface area contributed by atoms with Crippen molar-refractivity contribution < 1.29 is 9.32 Å². The molecule has 1 saturated carbocycles. The highest BCUT2D eigenvalue weighted by Gasteiger charge is 2.23. The monoisotopic (exact) mass is 214 g/mol. The molecule has 1 aliphatic carbocycles. The summed E-state index contributed by atoms with van der Waals surface area (Å²) in [5.41, 5.74) is 0. The first-order valence-electron chi connectivity index (χ1n) is 4.62. The van der Waals surface area contributed by atoms with E-state index in [1.165, 1.54) is 6.42 Å². The highest BCUT2D eigenvalue weighted by atomic mass is 35.5. The summed E-state index contributed by atoms with van der Waals surface area (Å²) in [6.45, 7) is 0. The fourth-order valence-electron chi connectivity index (χ4n) is 1.41. The zero-order valence-corrected chi connectivity index (χ0v) is 8.38. The van der Waals surface area contributed by atoms with E-state index in [2.05, 4.69) is 10.5 Å². The van der Waals surface area contributed by atoms with Gasteiger partial charge in [-0.3, -0.25) is 4.79 Å². The SMILES string of the molecule is O=C(CCl)Nc1cc(C2CCC2)on1. The number of alkyl halides is 1. The first-order valence-corrected chi connectivity index (χ1v) is 5.15. The molecular weight excluding hydrogens is 204 g/mol. The minimum Gasteiger partial charge on any atom is -0.359 e. The Morgan fingerprint density at radius 1 is 1.71 bits per heavy atom. The number of carbonyl (C=O) groups excluding carboxylic acids is 1. The Balaban J connectivity index is 1.98. The number of nitrogens with one attached hydrogen (secondary N) is 1. The summed E-state index contributed by atoms with van der Waals surface area (Å²) < 4.78 is 5.11. The van der Waals surface area contributed by atoms with Gasteiger partial charge in [-0.05, 0) is 12.8 Å². The molecule has 0 aromatic carbocycles. The van der Waals surface area contributed by atoms with Crippen LogP contribution < -0.4 is 5.32 Å². The van der Waals surface area contributed by atoms with Gasteiger partial charge in [0, 0.05) is 12.0 Å². The van der Waals surface area contributed by atoms with E-state index in [9.17, 15) is 4.79 Å². The van der Waals surface area contributed by atoms with Crippen LogP contribution in [0.25, 0.3) is 0 Å². The number of carbonyl (C=O) groups is 1. The van der Waals surface area contributed by atoms with Crippen LogP contribution in [0.1, 0.15) is 30.9 Å². The molecule has 0 aliphatic heterocycles. The van der Waals surface area contributed by atoms with Crippen LogP contribution in [0.3, 0.4) is 0 Å². The minimum atomic E-state index is -0.264. The van der Waals surface area contributed by atoms with E-state index in [-0.39, 0.29) is 11.8 Å². The van der Waals surface area contributed by atoms with E-state index in [1.54, 1.807) is 6.07 Å². The summed E-state index contributed by atoms with van der Waals surface area (Å²) in [6, 6.07) is 1.77. The number of anilines is 1. The van der Waals surface area contributed by atoms with Gasteiger partial charge in [-0.2, -0.15) is 0 Å². The van der Waals surface area contributed by atoms with Crippen LogP contribution in [0.15, 0.2) is 10.6 Å². The fraction of sp³-hybridized carbons (Fsp3) is 0.556. The molecule has 2 rings (SSSR count). The molecule has 1 aromatic heterocycles. The van der Waals surface area contributed by atoms with Crippen LogP contribution in [0.2, 0.25) is 0 Å². The standard InChI is InChI=1S/C9H11ClN2O2/c10-5-9(13)11-8-4-7(14-12-8)6-2-1-3-6/h4,6H,1-3,5H2,(H,11,12,13). The molecule has 0 bridgehead atoms. The lowest BCUT2D eigenvalue weighted by atomic mass is 9.84. The summed E-state index contributed by atoms with van der Waals surface area (Å²) in [5.74, 6) is 1.48. The summed E-state index contributed by atoms with van der Waals surface area (Å²) in [6.07, 6.45) is 3.55. The predicted molar refractivity (Wildman–Crippen MR) is 52.4 cm³/mol. The summed E-state index contributed by atoms with van der Waals surface area (Å²) >= 11 is 5.34. The van der Waals surface area contributed by atoms with Crippen molar-refractivity contribution in [1.29, 1.82) is 0 Å². The Hall–Kier alpha value is -1.03. The van der Waals surface area contributed by atoms with Crippen molar-refractivity contribution in [3.8, 4) is 0 Å². The van der Waals surface area contributed by atoms with Gasteiger partial charge < -0.3 is 9.84 Å². The van der Waals surface area contributed by atoms with Crippen molar-refractivity contribution in [2.45, 2.75) is 25.2 Å². The number of nitrogens with zero attached hydrogens (tertiary/aromatic N) is 1. The van der Waals surface area contributed by atoms with E-state index in [1.807, 2.05) is 0 Å². The average Bonchev–Trinajstić information content (AvgIpc) is 2.50. The van der Waals surface area contributed by atoms with E-state index >= 15 is 0 Å². The second-order valence-electron chi connectivity index (χ2n) is 3.42. The summed E-state index contributed by atoms with van der Waals surface area (Å²) in [7, 11) is 0. The maximum absolute atomic E-state index is 10.9. The Bertz CT molecular complexity index is 333. The quantitative estimate of drug-likeness (QED) is 0.785. The third-order valence-corrected chi connectivity index (χ3v) is 2.67. The second kappa shape index (κ2) is 4.00. The van der Waals surface area contributed by atoms with Crippen molar-refractivity contribution >= 4 is 23.3 Å². The molecule has 1 fully saturated rings. The predicted octanol–water partition coefficient (Wildman–Crippen LogP) is 2.12. The topological polar surface area (TPSA) is 55.1 Å². The molecule has 1 heterocycles. The van der Waals surface area contributed by atoms with Gasteiger partial charge in [-0.15, -0.1) is 11.6 Å². The van der Waals surface area contributed by atoms with Gasteiger partial charge in [-0.25, -0.2) is 0 Å². The number of amides is 1. The number of rotatable bonds is 3. The molecule has 0 spiro atoms. The van der Waals surface area contributed by atoms with Gasteiger partial charge in [0.2, 0.25) is 5.91 Å². The van der Waals surface area contributed by atoms with E-state index in [0.29, 0.717) is 11.7 Å². The maximum Gasteiger partial charge on any atom is 0.240 e. The Morgan fingerprint density at radius 2 is 2.50 bits per heavy atom. The number of hydrogen-bond acceptors (Lipinski definition) is 3. The largest absolute Gasteiger partial charge is 0.359 e. The van der Waals surface area contributed by atoms with Crippen molar-refractivity contribution in [2.75, 3.05) is 11.2 Å². The number of halogens is 1. The first kappa shape index (κ1) is 9.52.